The Morgan fingerprint density at radius 3 is 2.76 bits per heavy atom. The second kappa shape index (κ2) is 7.21. The van der Waals surface area contributed by atoms with E-state index in [-0.39, 0.29) is 0 Å². The zero-order valence-electron chi connectivity index (χ0n) is 14.2. The molecule has 1 N–H and O–H groups in total. The minimum absolute atomic E-state index is 0.609. The van der Waals surface area contributed by atoms with Gasteiger partial charge in [-0.25, -0.2) is 9.97 Å². The quantitative estimate of drug-likeness (QED) is 0.901. The maximum Gasteiger partial charge on any atom is 0.144 e. The molecule has 1 aromatic heterocycles. The van der Waals surface area contributed by atoms with Crippen molar-refractivity contribution in [1.82, 2.24) is 14.9 Å². The Bertz CT molecular complexity index is 460. The van der Waals surface area contributed by atoms with Crippen LogP contribution >= 0.6 is 0 Å². The number of nitrogens with one attached hydrogen (secondary N) is 1. The maximum absolute atomic E-state index is 4.69. The number of hydrogen-bond acceptors (Lipinski definition) is 4. The minimum Gasteiger partial charge on any atom is -0.370 e. The van der Waals surface area contributed by atoms with Crippen LogP contribution in [0.2, 0.25) is 0 Å². The molecule has 1 aromatic rings. The van der Waals surface area contributed by atoms with Crippen LogP contribution in [0.5, 0.6) is 0 Å². The number of aryl methyl sites for hydroxylation is 1. The topological polar surface area (TPSA) is 41.1 Å². The molecule has 21 heavy (non-hydrogen) atoms. The molecule has 0 saturated carbocycles. The van der Waals surface area contributed by atoms with E-state index in [2.05, 4.69) is 47.9 Å². The van der Waals surface area contributed by atoms with Crippen LogP contribution < -0.4 is 5.32 Å². The third-order valence-corrected chi connectivity index (χ3v) is 4.52. The molecule has 0 radical (unpaired) electrons. The van der Waals surface area contributed by atoms with Gasteiger partial charge in [0.25, 0.3) is 0 Å². The molecule has 118 valence electrons. The molecular weight excluding hydrogens is 260 g/mol. The van der Waals surface area contributed by atoms with Gasteiger partial charge in [-0.05, 0) is 38.5 Å². The van der Waals surface area contributed by atoms with Crippen molar-refractivity contribution in [1.29, 1.82) is 0 Å². The van der Waals surface area contributed by atoms with Gasteiger partial charge < -0.3 is 5.32 Å². The highest BCUT2D eigenvalue weighted by Gasteiger charge is 2.29. The first-order chi connectivity index (χ1) is 9.99. The molecule has 0 amide bonds. The minimum atomic E-state index is 0.609. The van der Waals surface area contributed by atoms with Crippen LogP contribution in [0.3, 0.4) is 0 Å². The number of likely N-dealkylation sites (tertiary alicyclic amines) is 1. The first kappa shape index (κ1) is 16.2. The number of aromatic nitrogens is 2. The van der Waals surface area contributed by atoms with Gasteiger partial charge in [0.1, 0.15) is 11.6 Å². The second-order valence-corrected chi connectivity index (χ2v) is 6.73. The molecule has 4 heteroatoms. The molecule has 4 nitrogen and oxygen atoms in total. The van der Waals surface area contributed by atoms with Crippen molar-refractivity contribution in [2.75, 3.05) is 18.4 Å². The molecule has 0 bridgehead atoms. The summed E-state index contributed by atoms with van der Waals surface area (Å²) in [6, 6.07) is 2.64. The Morgan fingerprint density at radius 2 is 2.05 bits per heavy atom. The summed E-state index contributed by atoms with van der Waals surface area (Å²) in [5.41, 5.74) is 1.05. The third kappa shape index (κ3) is 4.40. The summed E-state index contributed by atoms with van der Waals surface area (Å²) in [6.07, 6.45) is 2.44. The van der Waals surface area contributed by atoms with Crippen molar-refractivity contribution in [3.63, 3.8) is 0 Å². The Kier molecular flexibility index (Phi) is 5.57. The molecule has 3 atom stereocenters. The number of piperidine rings is 1. The Hall–Kier alpha value is -1.16. The lowest BCUT2D eigenvalue weighted by atomic mass is 9.86. The molecular formula is C17H30N4. The largest absolute Gasteiger partial charge is 0.370 e. The average molecular weight is 290 g/mol. The normalized spacial score (nSPS) is 26.8. The summed E-state index contributed by atoms with van der Waals surface area (Å²) in [5.74, 6) is 3.42. The number of rotatable bonds is 5. The lowest BCUT2D eigenvalue weighted by molar-refractivity contribution is 0.0706. The van der Waals surface area contributed by atoms with E-state index in [4.69, 9.17) is 0 Å². The molecule has 0 aromatic carbocycles. The summed E-state index contributed by atoms with van der Waals surface area (Å²) in [7, 11) is 0. The van der Waals surface area contributed by atoms with E-state index in [0.29, 0.717) is 6.04 Å². The van der Waals surface area contributed by atoms with E-state index in [1.807, 2.05) is 13.0 Å². The van der Waals surface area contributed by atoms with Gasteiger partial charge in [0, 0.05) is 30.9 Å². The van der Waals surface area contributed by atoms with Gasteiger partial charge in [-0.15, -0.1) is 0 Å². The standard InChI is InChI=1S/C17H30N4/c1-6-7-18-16-9-14(4)19-17(20-16)11-21-10-12(2)8-13(3)15(21)5/h9,12-13,15H,6-8,10-11H2,1-5H3,(H,18,19,20). The first-order valence-corrected chi connectivity index (χ1v) is 8.32. The lowest BCUT2D eigenvalue weighted by Gasteiger charge is -2.40. The van der Waals surface area contributed by atoms with Gasteiger partial charge in [0.05, 0.1) is 6.54 Å². The highest BCUT2D eigenvalue weighted by Crippen LogP contribution is 2.27. The van der Waals surface area contributed by atoms with Crippen LogP contribution in [0.25, 0.3) is 0 Å². The maximum atomic E-state index is 4.69. The average Bonchev–Trinajstić information content (AvgIpc) is 2.41. The van der Waals surface area contributed by atoms with Crippen molar-refractivity contribution in [2.45, 2.75) is 60.0 Å². The molecule has 0 spiro atoms. The monoisotopic (exact) mass is 290 g/mol. The number of anilines is 1. The van der Waals surface area contributed by atoms with E-state index in [1.54, 1.807) is 0 Å². The first-order valence-electron chi connectivity index (χ1n) is 8.32. The zero-order chi connectivity index (χ0) is 15.4. The van der Waals surface area contributed by atoms with Gasteiger partial charge in [0.2, 0.25) is 0 Å². The van der Waals surface area contributed by atoms with Gasteiger partial charge in [-0.2, -0.15) is 0 Å². The summed E-state index contributed by atoms with van der Waals surface area (Å²) in [6.45, 7) is 14.2. The van der Waals surface area contributed by atoms with E-state index < -0.39 is 0 Å². The fraction of sp³-hybridized carbons (Fsp3) is 0.765. The Balaban J connectivity index is 2.09. The predicted octanol–water partition coefficient (Wildman–Crippen LogP) is 3.47. The molecule has 1 saturated heterocycles. The van der Waals surface area contributed by atoms with Crippen molar-refractivity contribution in [3.8, 4) is 0 Å². The molecule has 1 fully saturated rings. The van der Waals surface area contributed by atoms with Crippen LogP contribution in [0, 0.1) is 18.8 Å². The van der Waals surface area contributed by atoms with Gasteiger partial charge in [-0.3, -0.25) is 4.90 Å². The summed E-state index contributed by atoms with van der Waals surface area (Å²) in [5, 5.41) is 3.37. The molecule has 0 aliphatic carbocycles. The van der Waals surface area contributed by atoms with Crippen LogP contribution in [-0.4, -0.2) is 34.0 Å². The summed E-state index contributed by atoms with van der Waals surface area (Å²) >= 11 is 0. The Morgan fingerprint density at radius 1 is 1.29 bits per heavy atom. The predicted molar refractivity (Wildman–Crippen MR) is 88.4 cm³/mol. The Labute approximate surface area is 129 Å². The number of hydrogen-bond donors (Lipinski definition) is 1. The van der Waals surface area contributed by atoms with Crippen molar-refractivity contribution in [2.24, 2.45) is 11.8 Å². The number of nitrogens with zero attached hydrogens (tertiary/aromatic N) is 3. The third-order valence-electron chi connectivity index (χ3n) is 4.52. The summed E-state index contributed by atoms with van der Waals surface area (Å²) in [4.78, 5) is 11.9. The van der Waals surface area contributed by atoms with Gasteiger partial charge >= 0.3 is 0 Å². The second-order valence-electron chi connectivity index (χ2n) is 6.73. The highest BCUT2D eigenvalue weighted by atomic mass is 15.2. The van der Waals surface area contributed by atoms with Crippen LogP contribution in [0.1, 0.15) is 52.1 Å². The smallest absolute Gasteiger partial charge is 0.144 e. The molecule has 1 aliphatic rings. The van der Waals surface area contributed by atoms with Gasteiger partial charge in [-0.1, -0.05) is 20.8 Å². The van der Waals surface area contributed by atoms with E-state index >= 15 is 0 Å². The highest BCUT2D eigenvalue weighted by molar-refractivity contribution is 5.35. The van der Waals surface area contributed by atoms with E-state index in [1.165, 1.54) is 6.42 Å². The van der Waals surface area contributed by atoms with Crippen LogP contribution in [0.4, 0.5) is 5.82 Å². The van der Waals surface area contributed by atoms with E-state index in [0.717, 1.165) is 55.2 Å². The fourth-order valence-corrected chi connectivity index (χ4v) is 3.27. The fourth-order valence-electron chi connectivity index (χ4n) is 3.27. The van der Waals surface area contributed by atoms with Crippen molar-refractivity contribution >= 4 is 5.82 Å². The van der Waals surface area contributed by atoms with E-state index in [9.17, 15) is 0 Å². The molecule has 2 rings (SSSR count). The lowest BCUT2D eigenvalue weighted by Crippen LogP contribution is -2.45. The summed E-state index contributed by atoms with van der Waals surface area (Å²) < 4.78 is 0. The van der Waals surface area contributed by atoms with Gasteiger partial charge in [0.15, 0.2) is 0 Å². The SMILES string of the molecule is CCCNc1cc(C)nc(CN2CC(C)CC(C)C2C)n1. The molecule has 3 unspecified atom stereocenters. The van der Waals surface area contributed by atoms with Crippen LogP contribution in [-0.2, 0) is 6.54 Å². The molecule has 2 heterocycles. The zero-order valence-corrected chi connectivity index (χ0v) is 14.2. The molecule has 1 aliphatic heterocycles. The van der Waals surface area contributed by atoms with Crippen molar-refractivity contribution < 1.29 is 0 Å². The van der Waals surface area contributed by atoms with Crippen LogP contribution in [0.15, 0.2) is 6.07 Å². The van der Waals surface area contributed by atoms with Crippen molar-refractivity contribution in [3.05, 3.63) is 17.6 Å².